The molecule has 0 saturated heterocycles. The molecule has 0 aliphatic heterocycles. The van der Waals surface area contributed by atoms with E-state index in [0.717, 1.165) is 5.69 Å². The van der Waals surface area contributed by atoms with Crippen molar-refractivity contribution >= 4 is 0 Å². The van der Waals surface area contributed by atoms with Crippen LogP contribution in [0.2, 0.25) is 0 Å². The van der Waals surface area contributed by atoms with Crippen LogP contribution in [-0.2, 0) is 6.54 Å². The fourth-order valence-electron chi connectivity index (χ4n) is 0.934. The summed E-state index contributed by atoms with van der Waals surface area (Å²) in [4.78, 5) is 4.09. The van der Waals surface area contributed by atoms with Gasteiger partial charge in [0.1, 0.15) is 0 Å². The summed E-state index contributed by atoms with van der Waals surface area (Å²) in [6.07, 6.45) is 1.03. The number of rotatable bonds is 5. The third-order valence-electron chi connectivity index (χ3n) is 1.62. The summed E-state index contributed by atoms with van der Waals surface area (Å²) in [6.45, 7) is 0.778. The number of aromatic nitrogens is 1. The van der Waals surface area contributed by atoms with Gasteiger partial charge >= 0.3 is 0 Å². The Bertz CT molecular complexity index is 228. The van der Waals surface area contributed by atoms with Gasteiger partial charge in [-0.2, -0.15) is 0 Å². The van der Waals surface area contributed by atoms with E-state index in [0.29, 0.717) is 13.1 Å². The number of aliphatic hydroxyl groups excluding tert-OH is 2. The first kappa shape index (κ1) is 10.1. The van der Waals surface area contributed by atoms with Gasteiger partial charge in [0.15, 0.2) is 0 Å². The summed E-state index contributed by atoms with van der Waals surface area (Å²) in [7, 11) is 0. The molecule has 0 aromatic carbocycles. The molecule has 0 radical (unpaired) electrons. The van der Waals surface area contributed by atoms with Gasteiger partial charge in [0.2, 0.25) is 0 Å². The van der Waals surface area contributed by atoms with Crippen LogP contribution in [0, 0.1) is 0 Å². The molecule has 1 atom stereocenters. The Morgan fingerprint density at radius 1 is 1.46 bits per heavy atom. The molecule has 13 heavy (non-hydrogen) atoms. The van der Waals surface area contributed by atoms with Crippen molar-refractivity contribution in [2.24, 2.45) is 0 Å². The fraction of sp³-hybridized carbons (Fsp3) is 0.444. The average molecular weight is 182 g/mol. The van der Waals surface area contributed by atoms with Crippen molar-refractivity contribution in [2.75, 3.05) is 13.2 Å². The second kappa shape index (κ2) is 5.64. The van der Waals surface area contributed by atoms with E-state index in [1.54, 1.807) is 6.20 Å². The van der Waals surface area contributed by atoms with Crippen molar-refractivity contribution in [3.8, 4) is 0 Å². The van der Waals surface area contributed by atoms with Gasteiger partial charge in [-0.25, -0.2) is 0 Å². The Morgan fingerprint density at radius 3 is 2.92 bits per heavy atom. The van der Waals surface area contributed by atoms with Crippen LogP contribution < -0.4 is 5.32 Å². The highest BCUT2D eigenvalue weighted by Gasteiger charge is 2.00. The van der Waals surface area contributed by atoms with Crippen LogP contribution in [-0.4, -0.2) is 34.5 Å². The van der Waals surface area contributed by atoms with Crippen molar-refractivity contribution in [3.05, 3.63) is 30.1 Å². The molecule has 0 saturated carbocycles. The van der Waals surface area contributed by atoms with Gasteiger partial charge in [-0.15, -0.1) is 0 Å². The SMILES string of the molecule is OCC(O)CNCc1ccccn1. The van der Waals surface area contributed by atoms with Gasteiger partial charge in [0.05, 0.1) is 18.4 Å². The molecule has 3 N–H and O–H groups in total. The third-order valence-corrected chi connectivity index (χ3v) is 1.62. The number of nitrogens with one attached hydrogen (secondary N) is 1. The van der Waals surface area contributed by atoms with Gasteiger partial charge in [-0.05, 0) is 12.1 Å². The van der Waals surface area contributed by atoms with Crippen LogP contribution in [0.3, 0.4) is 0 Å². The van der Waals surface area contributed by atoms with E-state index in [-0.39, 0.29) is 6.61 Å². The Morgan fingerprint density at radius 2 is 2.31 bits per heavy atom. The van der Waals surface area contributed by atoms with Gasteiger partial charge in [-0.3, -0.25) is 4.98 Å². The van der Waals surface area contributed by atoms with Gasteiger partial charge in [-0.1, -0.05) is 6.07 Å². The van der Waals surface area contributed by atoms with Gasteiger partial charge in [0, 0.05) is 19.3 Å². The largest absolute Gasteiger partial charge is 0.394 e. The number of hydrogen-bond donors (Lipinski definition) is 3. The maximum absolute atomic E-state index is 9.00. The zero-order chi connectivity index (χ0) is 9.52. The summed E-state index contributed by atoms with van der Waals surface area (Å²) in [5.41, 5.74) is 0.924. The van der Waals surface area contributed by atoms with E-state index in [1.807, 2.05) is 18.2 Å². The fourth-order valence-corrected chi connectivity index (χ4v) is 0.934. The molecule has 1 rings (SSSR count). The molecule has 0 aliphatic rings. The van der Waals surface area contributed by atoms with E-state index in [1.165, 1.54) is 0 Å². The van der Waals surface area contributed by atoms with Gasteiger partial charge < -0.3 is 15.5 Å². The van der Waals surface area contributed by atoms with Gasteiger partial charge in [0.25, 0.3) is 0 Å². The van der Waals surface area contributed by atoms with Crippen molar-refractivity contribution in [2.45, 2.75) is 12.6 Å². The Labute approximate surface area is 77.2 Å². The molecule has 0 aliphatic carbocycles. The van der Waals surface area contributed by atoms with Crippen LogP contribution in [0.1, 0.15) is 5.69 Å². The molecule has 1 aromatic heterocycles. The molecule has 0 fully saturated rings. The molecule has 0 amide bonds. The topological polar surface area (TPSA) is 65.4 Å². The van der Waals surface area contributed by atoms with Crippen LogP contribution in [0.5, 0.6) is 0 Å². The predicted molar refractivity (Wildman–Crippen MR) is 49.0 cm³/mol. The van der Waals surface area contributed by atoms with Crippen LogP contribution >= 0.6 is 0 Å². The van der Waals surface area contributed by atoms with E-state index in [4.69, 9.17) is 10.2 Å². The predicted octanol–water partition coefficient (Wildman–Crippen LogP) is -0.476. The minimum atomic E-state index is -0.691. The van der Waals surface area contributed by atoms with Crippen molar-refractivity contribution in [1.29, 1.82) is 0 Å². The first-order valence-corrected chi connectivity index (χ1v) is 4.22. The maximum Gasteiger partial charge on any atom is 0.0895 e. The smallest absolute Gasteiger partial charge is 0.0895 e. The lowest BCUT2D eigenvalue weighted by atomic mass is 10.3. The second-order valence-electron chi connectivity index (χ2n) is 2.79. The molecule has 4 heteroatoms. The molecule has 4 nitrogen and oxygen atoms in total. The number of hydrogen-bond acceptors (Lipinski definition) is 4. The van der Waals surface area contributed by atoms with E-state index >= 15 is 0 Å². The Kier molecular flexibility index (Phi) is 4.39. The standard InChI is InChI=1S/C9H14N2O2/c12-7-9(13)6-10-5-8-3-1-2-4-11-8/h1-4,9-10,12-13H,5-7H2. The number of pyridine rings is 1. The zero-order valence-corrected chi connectivity index (χ0v) is 7.35. The minimum Gasteiger partial charge on any atom is -0.394 e. The van der Waals surface area contributed by atoms with Crippen molar-refractivity contribution in [3.63, 3.8) is 0 Å². The summed E-state index contributed by atoms with van der Waals surface area (Å²) in [6, 6.07) is 5.66. The highest BCUT2D eigenvalue weighted by Crippen LogP contribution is 1.91. The highest BCUT2D eigenvalue weighted by atomic mass is 16.3. The molecule has 0 bridgehead atoms. The lowest BCUT2D eigenvalue weighted by molar-refractivity contribution is 0.0941. The first-order valence-electron chi connectivity index (χ1n) is 4.22. The highest BCUT2D eigenvalue weighted by molar-refractivity contribution is 5.02. The molecule has 72 valence electrons. The summed E-state index contributed by atoms with van der Waals surface area (Å²) < 4.78 is 0. The maximum atomic E-state index is 9.00. The molecule has 1 unspecified atom stereocenters. The monoisotopic (exact) mass is 182 g/mol. The van der Waals surface area contributed by atoms with Crippen molar-refractivity contribution < 1.29 is 10.2 Å². The summed E-state index contributed by atoms with van der Waals surface area (Å²) in [5, 5.41) is 20.5. The zero-order valence-electron chi connectivity index (χ0n) is 7.35. The molecule has 0 spiro atoms. The van der Waals surface area contributed by atoms with E-state index < -0.39 is 6.10 Å². The number of aliphatic hydroxyl groups is 2. The molecule has 1 aromatic rings. The average Bonchev–Trinajstić information content (AvgIpc) is 2.19. The molecular weight excluding hydrogens is 168 g/mol. The lowest BCUT2D eigenvalue weighted by Gasteiger charge is -2.07. The first-order chi connectivity index (χ1) is 6.33. The summed E-state index contributed by atoms with van der Waals surface area (Å²) in [5.74, 6) is 0. The molecule has 1 heterocycles. The van der Waals surface area contributed by atoms with Crippen LogP contribution in [0.4, 0.5) is 0 Å². The number of nitrogens with zero attached hydrogens (tertiary/aromatic N) is 1. The van der Waals surface area contributed by atoms with E-state index in [2.05, 4.69) is 10.3 Å². The lowest BCUT2D eigenvalue weighted by Crippen LogP contribution is -2.29. The second-order valence-corrected chi connectivity index (χ2v) is 2.79. The van der Waals surface area contributed by atoms with E-state index in [9.17, 15) is 0 Å². The minimum absolute atomic E-state index is 0.213. The summed E-state index contributed by atoms with van der Waals surface area (Å²) >= 11 is 0. The van der Waals surface area contributed by atoms with Crippen LogP contribution in [0.15, 0.2) is 24.4 Å². The Balaban J connectivity index is 2.20. The third kappa shape index (κ3) is 3.98. The normalized spacial score (nSPS) is 12.8. The van der Waals surface area contributed by atoms with Crippen molar-refractivity contribution in [1.82, 2.24) is 10.3 Å². The Hall–Kier alpha value is -0.970. The quantitative estimate of drug-likeness (QED) is 0.575. The van der Waals surface area contributed by atoms with Crippen LogP contribution in [0.25, 0.3) is 0 Å². The molecular formula is C9H14N2O2.